The number of nitrogens with zero attached hydrogens (tertiary/aromatic N) is 3. The van der Waals surface area contributed by atoms with Crippen LogP contribution in [0.4, 0.5) is 29.1 Å². The molecule has 32 heavy (non-hydrogen) atoms. The highest BCUT2D eigenvalue weighted by molar-refractivity contribution is 9.10. The van der Waals surface area contributed by atoms with Crippen LogP contribution in [0.1, 0.15) is 23.2 Å². The fourth-order valence-electron chi connectivity index (χ4n) is 2.44. The summed E-state index contributed by atoms with van der Waals surface area (Å²) in [5.41, 5.74) is 2.48. The van der Waals surface area contributed by atoms with Gasteiger partial charge >= 0.3 is 6.18 Å². The SMILES string of the molecule is O=C(CCc1cccc(C(F)(F)F)c1)Nc1nonc1/C=N/ONc1ccc(F)c(Br)c1. The molecule has 1 aromatic heterocycles. The number of oxime groups is 1. The summed E-state index contributed by atoms with van der Waals surface area (Å²) in [6, 6.07) is 8.80. The normalized spacial score (nSPS) is 11.5. The molecule has 2 aromatic carbocycles. The second-order valence-corrected chi connectivity index (χ2v) is 7.16. The number of hydrogen-bond donors (Lipinski definition) is 2. The predicted octanol–water partition coefficient (Wildman–Crippen LogP) is 4.94. The molecule has 3 aromatic rings. The van der Waals surface area contributed by atoms with Crippen LogP contribution in [0.5, 0.6) is 0 Å². The zero-order chi connectivity index (χ0) is 23.1. The van der Waals surface area contributed by atoms with Gasteiger partial charge in [0.1, 0.15) is 12.0 Å². The molecule has 0 aliphatic rings. The highest BCUT2D eigenvalue weighted by Gasteiger charge is 2.30. The summed E-state index contributed by atoms with van der Waals surface area (Å²) in [7, 11) is 0. The Bertz CT molecular complexity index is 1120. The van der Waals surface area contributed by atoms with E-state index in [1.165, 1.54) is 30.3 Å². The number of halogens is 5. The monoisotopic (exact) mass is 515 g/mol. The van der Waals surface area contributed by atoms with Gasteiger partial charge in [-0.05, 0) is 62.5 Å². The van der Waals surface area contributed by atoms with E-state index in [0.717, 1.165) is 18.3 Å². The number of nitrogens with one attached hydrogen (secondary N) is 2. The standard InChI is InChI=1S/C19H14BrF4N5O3/c20-14-9-13(5-6-15(14)21)27-31-25-10-16-18(29-32-28-16)26-17(30)7-4-11-2-1-3-12(8-11)19(22,23)24/h1-3,5-6,8-10,27H,4,7H2,(H,26,29,30)/b25-10+. The Morgan fingerprint density at radius 1 is 1.22 bits per heavy atom. The molecule has 0 aliphatic carbocycles. The summed E-state index contributed by atoms with van der Waals surface area (Å²) in [4.78, 5) is 17.0. The molecule has 168 valence electrons. The van der Waals surface area contributed by atoms with Crippen molar-refractivity contribution in [3.05, 3.63) is 69.6 Å². The number of aromatic nitrogens is 2. The largest absolute Gasteiger partial charge is 0.416 e. The van der Waals surface area contributed by atoms with Crippen LogP contribution in [0.15, 0.2) is 56.7 Å². The third-order valence-corrected chi connectivity index (χ3v) is 4.59. The predicted molar refractivity (Wildman–Crippen MR) is 109 cm³/mol. The number of rotatable bonds is 8. The first-order chi connectivity index (χ1) is 15.2. The number of benzene rings is 2. The van der Waals surface area contributed by atoms with Crippen molar-refractivity contribution in [2.75, 3.05) is 10.8 Å². The lowest BCUT2D eigenvalue weighted by molar-refractivity contribution is -0.137. The Kier molecular flexibility index (Phi) is 7.41. The molecule has 1 heterocycles. The average molecular weight is 516 g/mol. The molecular weight excluding hydrogens is 502 g/mol. The number of carbonyl (C=O) groups excluding carboxylic acids is 1. The molecule has 0 saturated carbocycles. The fourth-order valence-corrected chi connectivity index (χ4v) is 2.82. The molecule has 3 rings (SSSR count). The lowest BCUT2D eigenvalue weighted by Gasteiger charge is -2.08. The van der Waals surface area contributed by atoms with Gasteiger partial charge in [-0.3, -0.25) is 9.73 Å². The molecule has 0 fully saturated rings. The van der Waals surface area contributed by atoms with Crippen LogP contribution in [0, 0.1) is 5.82 Å². The molecule has 13 heteroatoms. The third kappa shape index (κ3) is 6.51. The highest BCUT2D eigenvalue weighted by atomic mass is 79.9. The summed E-state index contributed by atoms with van der Waals surface area (Å²) in [5, 5.41) is 13.1. The van der Waals surface area contributed by atoms with Crippen LogP contribution in [-0.2, 0) is 22.3 Å². The molecule has 2 N–H and O–H groups in total. The first kappa shape index (κ1) is 23.2. The number of alkyl halides is 3. The summed E-state index contributed by atoms with van der Waals surface area (Å²) < 4.78 is 56.3. The van der Waals surface area contributed by atoms with Crippen LogP contribution >= 0.6 is 15.9 Å². The van der Waals surface area contributed by atoms with E-state index in [-0.39, 0.29) is 28.8 Å². The lowest BCUT2D eigenvalue weighted by atomic mass is 10.1. The molecular formula is C19H14BrF4N5O3. The first-order valence-electron chi connectivity index (χ1n) is 8.91. The second-order valence-electron chi connectivity index (χ2n) is 6.30. The number of hydrogen-bond acceptors (Lipinski definition) is 7. The van der Waals surface area contributed by atoms with E-state index >= 15 is 0 Å². The summed E-state index contributed by atoms with van der Waals surface area (Å²) in [6.45, 7) is 0. The highest BCUT2D eigenvalue weighted by Crippen LogP contribution is 2.29. The molecule has 0 unspecified atom stereocenters. The van der Waals surface area contributed by atoms with Crippen molar-refractivity contribution in [2.45, 2.75) is 19.0 Å². The zero-order valence-electron chi connectivity index (χ0n) is 16.0. The fraction of sp³-hybridized carbons (Fsp3) is 0.158. The second kappa shape index (κ2) is 10.2. The van der Waals surface area contributed by atoms with Crippen molar-refractivity contribution < 1.29 is 31.9 Å². The van der Waals surface area contributed by atoms with E-state index in [1.807, 2.05) is 0 Å². The molecule has 0 aliphatic heterocycles. The average Bonchev–Trinajstić information content (AvgIpc) is 3.18. The lowest BCUT2D eigenvalue weighted by Crippen LogP contribution is -2.14. The Morgan fingerprint density at radius 3 is 2.78 bits per heavy atom. The van der Waals surface area contributed by atoms with Crippen LogP contribution in [0.25, 0.3) is 0 Å². The smallest absolute Gasteiger partial charge is 0.306 e. The van der Waals surface area contributed by atoms with Gasteiger partial charge < -0.3 is 5.32 Å². The summed E-state index contributed by atoms with van der Waals surface area (Å²) >= 11 is 3.03. The van der Waals surface area contributed by atoms with Crippen LogP contribution in [0.3, 0.4) is 0 Å². The van der Waals surface area contributed by atoms with Crippen molar-refractivity contribution in [1.29, 1.82) is 0 Å². The number of amides is 1. The van der Waals surface area contributed by atoms with Gasteiger partial charge in [0, 0.05) is 6.42 Å². The molecule has 0 atom stereocenters. The van der Waals surface area contributed by atoms with Gasteiger partial charge in [0.25, 0.3) is 0 Å². The quantitative estimate of drug-likeness (QED) is 0.250. The number of carbonyl (C=O) groups is 1. The topological polar surface area (TPSA) is 102 Å². The molecule has 0 saturated heterocycles. The number of anilines is 2. The molecule has 0 bridgehead atoms. The molecule has 0 radical (unpaired) electrons. The van der Waals surface area contributed by atoms with Crippen LogP contribution in [-0.4, -0.2) is 22.4 Å². The van der Waals surface area contributed by atoms with E-state index in [9.17, 15) is 22.4 Å². The first-order valence-corrected chi connectivity index (χ1v) is 9.70. The van der Waals surface area contributed by atoms with Gasteiger partial charge in [-0.15, -0.1) is 0 Å². The third-order valence-electron chi connectivity index (χ3n) is 3.98. The maximum atomic E-state index is 13.2. The van der Waals surface area contributed by atoms with Crippen LogP contribution in [0.2, 0.25) is 0 Å². The van der Waals surface area contributed by atoms with E-state index in [2.05, 4.69) is 46.8 Å². The maximum absolute atomic E-state index is 13.2. The maximum Gasteiger partial charge on any atom is 0.416 e. The van der Waals surface area contributed by atoms with E-state index in [1.54, 1.807) is 0 Å². The molecule has 1 amide bonds. The van der Waals surface area contributed by atoms with Gasteiger partial charge in [-0.2, -0.15) is 18.7 Å². The Balaban J connectivity index is 1.51. The Hall–Kier alpha value is -3.48. The van der Waals surface area contributed by atoms with Gasteiger partial charge in [0.2, 0.25) is 11.7 Å². The van der Waals surface area contributed by atoms with Gasteiger partial charge in [-0.25, -0.2) is 9.02 Å². The van der Waals surface area contributed by atoms with Crippen molar-refractivity contribution in [3.63, 3.8) is 0 Å². The van der Waals surface area contributed by atoms with Crippen molar-refractivity contribution in [1.82, 2.24) is 10.3 Å². The molecule has 8 nitrogen and oxygen atoms in total. The van der Waals surface area contributed by atoms with Crippen molar-refractivity contribution in [2.24, 2.45) is 5.16 Å². The summed E-state index contributed by atoms with van der Waals surface area (Å²) in [6.07, 6.45) is -3.36. The van der Waals surface area contributed by atoms with Crippen LogP contribution < -0.4 is 10.8 Å². The molecule has 0 spiro atoms. The minimum Gasteiger partial charge on any atom is -0.306 e. The van der Waals surface area contributed by atoms with Gasteiger partial charge in [-0.1, -0.05) is 23.4 Å². The van der Waals surface area contributed by atoms with E-state index < -0.39 is 23.5 Å². The Morgan fingerprint density at radius 2 is 2.03 bits per heavy atom. The number of aryl methyl sites for hydroxylation is 1. The van der Waals surface area contributed by atoms with Gasteiger partial charge in [0.05, 0.1) is 15.7 Å². The summed E-state index contributed by atoms with van der Waals surface area (Å²) in [5.74, 6) is -1.000. The minimum atomic E-state index is -4.46. The minimum absolute atomic E-state index is 0.0412. The van der Waals surface area contributed by atoms with Crippen molar-refractivity contribution in [3.8, 4) is 0 Å². The van der Waals surface area contributed by atoms with Crippen molar-refractivity contribution >= 4 is 39.6 Å². The van der Waals surface area contributed by atoms with E-state index in [0.29, 0.717) is 11.3 Å². The van der Waals surface area contributed by atoms with E-state index in [4.69, 9.17) is 4.94 Å². The Labute approximate surface area is 186 Å². The zero-order valence-corrected chi connectivity index (χ0v) is 17.6. The van der Waals surface area contributed by atoms with Gasteiger partial charge in [0.15, 0.2) is 5.69 Å².